The van der Waals surface area contributed by atoms with Crippen LogP contribution in [0, 0.1) is 0 Å². The van der Waals surface area contributed by atoms with E-state index in [1.54, 1.807) is 0 Å². The van der Waals surface area contributed by atoms with Gasteiger partial charge in [0, 0.05) is 23.8 Å². The van der Waals surface area contributed by atoms with E-state index < -0.39 is 12.0 Å². The predicted octanol–water partition coefficient (Wildman–Crippen LogP) is 3.47. The van der Waals surface area contributed by atoms with Crippen LogP contribution in [0.15, 0.2) is 51.7 Å². The van der Waals surface area contributed by atoms with E-state index in [-0.39, 0.29) is 34.0 Å². The van der Waals surface area contributed by atoms with Crippen molar-refractivity contribution in [2.24, 2.45) is 0 Å². The summed E-state index contributed by atoms with van der Waals surface area (Å²) in [5, 5.41) is 19.1. The van der Waals surface area contributed by atoms with Gasteiger partial charge in [-0.3, -0.25) is 4.79 Å². The monoisotopic (exact) mass is 320 g/mol. The van der Waals surface area contributed by atoms with E-state index in [0.717, 1.165) is 6.07 Å². The third-order valence-corrected chi connectivity index (χ3v) is 3.16. The number of phenolic OH excluding ortho intramolecular Hbond substituents is 2. The second kappa shape index (κ2) is 5.60. The Balaban J connectivity index is 2.08. The fraction of sp³-hybridized carbons (Fsp3) is 0.0625. The quantitative estimate of drug-likeness (QED) is 0.772. The van der Waals surface area contributed by atoms with Gasteiger partial charge in [0.1, 0.15) is 34.0 Å². The highest BCUT2D eigenvalue weighted by Gasteiger charge is 2.12. The molecule has 0 fully saturated rings. The summed E-state index contributed by atoms with van der Waals surface area (Å²) < 4.78 is 34.0. The maximum atomic E-state index is 12.1. The van der Waals surface area contributed by atoms with E-state index in [2.05, 4.69) is 4.74 Å². The summed E-state index contributed by atoms with van der Waals surface area (Å²) in [6.07, 6.45) is 0. The Labute approximate surface area is 128 Å². The van der Waals surface area contributed by atoms with Gasteiger partial charge in [0.2, 0.25) is 0 Å². The van der Waals surface area contributed by atoms with Crippen molar-refractivity contribution in [2.75, 3.05) is 0 Å². The number of alkyl halides is 2. The normalized spacial score (nSPS) is 11.1. The summed E-state index contributed by atoms with van der Waals surface area (Å²) in [6.45, 7) is -2.93. The van der Waals surface area contributed by atoms with Gasteiger partial charge in [-0.25, -0.2) is 0 Å². The molecule has 1 heterocycles. The van der Waals surface area contributed by atoms with Gasteiger partial charge in [-0.2, -0.15) is 8.78 Å². The van der Waals surface area contributed by atoms with Gasteiger partial charge >= 0.3 is 6.61 Å². The van der Waals surface area contributed by atoms with E-state index in [4.69, 9.17) is 4.42 Å². The Morgan fingerprint density at radius 1 is 1.04 bits per heavy atom. The molecule has 0 aliphatic heterocycles. The molecule has 0 radical (unpaired) electrons. The van der Waals surface area contributed by atoms with Crippen molar-refractivity contribution in [3.05, 3.63) is 52.7 Å². The maximum Gasteiger partial charge on any atom is 0.387 e. The number of benzene rings is 2. The zero-order chi connectivity index (χ0) is 16.6. The number of ether oxygens (including phenoxy) is 1. The van der Waals surface area contributed by atoms with Crippen LogP contribution in [0.1, 0.15) is 0 Å². The molecule has 0 saturated carbocycles. The molecule has 118 valence electrons. The molecule has 0 amide bonds. The summed E-state index contributed by atoms with van der Waals surface area (Å²) in [6, 6.07) is 8.93. The van der Waals surface area contributed by atoms with Crippen LogP contribution in [0.5, 0.6) is 17.2 Å². The highest BCUT2D eigenvalue weighted by atomic mass is 19.3. The van der Waals surface area contributed by atoms with Crippen LogP contribution >= 0.6 is 0 Å². The lowest BCUT2D eigenvalue weighted by Gasteiger charge is -2.07. The SMILES string of the molecule is O=c1cc(-c2ccc(OC(F)F)cc2)oc2cc(O)cc(O)c12. The van der Waals surface area contributed by atoms with Crippen molar-refractivity contribution in [1.29, 1.82) is 0 Å². The summed E-state index contributed by atoms with van der Waals surface area (Å²) in [5.74, 6) is -0.504. The van der Waals surface area contributed by atoms with E-state index in [9.17, 15) is 23.8 Å². The average molecular weight is 320 g/mol. The van der Waals surface area contributed by atoms with Gasteiger partial charge in [0.05, 0.1) is 0 Å². The Hall–Kier alpha value is -3.09. The van der Waals surface area contributed by atoms with Crippen LogP contribution in [-0.2, 0) is 0 Å². The summed E-state index contributed by atoms with van der Waals surface area (Å²) in [4.78, 5) is 12.1. The minimum atomic E-state index is -2.93. The zero-order valence-corrected chi connectivity index (χ0v) is 11.5. The van der Waals surface area contributed by atoms with E-state index in [0.29, 0.717) is 5.56 Å². The van der Waals surface area contributed by atoms with Crippen LogP contribution in [-0.4, -0.2) is 16.8 Å². The van der Waals surface area contributed by atoms with Crippen LogP contribution in [0.4, 0.5) is 8.78 Å². The third-order valence-electron chi connectivity index (χ3n) is 3.16. The van der Waals surface area contributed by atoms with Gasteiger partial charge < -0.3 is 19.4 Å². The first-order valence-electron chi connectivity index (χ1n) is 6.49. The Bertz CT molecular complexity index is 916. The highest BCUT2D eigenvalue weighted by Crippen LogP contribution is 2.31. The number of rotatable bonds is 3. The first-order valence-corrected chi connectivity index (χ1v) is 6.49. The molecular formula is C16H10F2O5. The molecule has 3 aromatic rings. The lowest BCUT2D eigenvalue weighted by atomic mass is 10.1. The van der Waals surface area contributed by atoms with Crippen molar-refractivity contribution in [3.8, 4) is 28.6 Å². The summed E-state index contributed by atoms with van der Waals surface area (Å²) in [7, 11) is 0. The van der Waals surface area contributed by atoms with E-state index >= 15 is 0 Å². The molecule has 5 nitrogen and oxygen atoms in total. The van der Waals surface area contributed by atoms with Gasteiger partial charge in [0.25, 0.3) is 0 Å². The van der Waals surface area contributed by atoms with Crippen LogP contribution in [0.2, 0.25) is 0 Å². The smallest absolute Gasteiger partial charge is 0.387 e. The lowest BCUT2D eigenvalue weighted by molar-refractivity contribution is -0.0498. The molecule has 0 bridgehead atoms. The molecule has 0 atom stereocenters. The fourth-order valence-electron chi connectivity index (χ4n) is 2.20. The Kier molecular flexibility index (Phi) is 3.61. The molecule has 2 N–H and O–H groups in total. The number of aromatic hydroxyl groups is 2. The molecule has 0 saturated heterocycles. The molecule has 7 heteroatoms. The number of halogens is 2. The molecule has 3 rings (SSSR count). The standard InChI is InChI=1S/C16H10F2O5/c17-16(18)22-10-3-1-8(2-4-10)13-7-12(21)15-11(20)5-9(19)6-14(15)23-13/h1-7,16,19-20H. The fourth-order valence-corrected chi connectivity index (χ4v) is 2.20. The minimum absolute atomic E-state index is 0.0120. The Morgan fingerprint density at radius 3 is 2.39 bits per heavy atom. The lowest BCUT2D eigenvalue weighted by Crippen LogP contribution is -2.02. The highest BCUT2D eigenvalue weighted by molar-refractivity contribution is 5.85. The van der Waals surface area contributed by atoms with Crippen molar-refractivity contribution in [2.45, 2.75) is 6.61 Å². The van der Waals surface area contributed by atoms with Crippen LogP contribution in [0.3, 0.4) is 0 Å². The molecule has 23 heavy (non-hydrogen) atoms. The second-order valence-corrected chi connectivity index (χ2v) is 4.72. The first-order chi connectivity index (χ1) is 10.9. The molecular weight excluding hydrogens is 310 g/mol. The van der Waals surface area contributed by atoms with Crippen molar-refractivity contribution in [3.63, 3.8) is 0 Å². The molecule has 0 spiro atoms. The number of hydrogen-bond donors (Lipinski definition) is 2. The van der Waals surface area contributed by atoms with Crippen molar-refractivity contribution >= 4 is 11.0 Å². The average Bonchev–Trinajstić information content (AvgIpc) is 2.46. The molecule has 1 aromatic heterocycles. The van der Waals surface area contributed by atoms with Gasteiger partial charge in [-0.1, -0.05) is 0 Å². The van der Waals surface area contributed by atoms with E-state index in [1.165, 1.54) is 36.4 Å². The van der Waals surface area contributed by atoms with Gasteiger partial charge in [0.15, 0.2) is 5.43 Å². The third kappa shape index (κ3) is 2.94. The molecule has 2 aromatic carbocycles. The summed E-state index contributed by atoms with van der Waals surface area (Å²) >= 11 is 0. The molecule has 0 aliphatic rings. The number of fused-ring (bicyclic) bond motifs is 1. The molecule has 0 unspecified atom stereocenters. The largest absolute Gasteiger partial charge is 0.508 e. The van der Waals surface area contributed by atoms with Crippen molar-refractivity contribution < 1.29 is 28.1 Å². The number of phenols is 2. The second-order valence-electron chi connectivity index (χ2n) is 4.72. The summed E-state index contributed by atoms with van der Waals surface area (Å²) in [5.41, 5.74) is -0.0296. The Morgan fingerprint density at radius 2 is 1.74 bits per heavy atom. The molecule has 0 aliphatic carbocycles. The van der Waals surface area contributed by atoms with Crippen LogP contribution in [0.25, 0.3) is 22.3 Å². The predicted molar refractivity (Wildman–Crippen MR) is 77.9 cm³/mol. The van der Waals surface area contributed by atoms with Crippen LogP contribution < -0.4 is 10.2 Å². The topological polar surface area (TPSA) is 79.9 Å². The minimum Gasteiger partial charge on any atom is -0.508 e. The van der Waals surface area contributed by atoms with Gasteiger partial charge in [-0.05, 0) is 24.3 Å². The number of hydrogen-bond acceptors (Lipinski definition) is 5. The maximum absolute atomic E-state index is 12.1. The zero-order valence-electron chi connectivity index (χ0n) is 11.5. The van der Waals surface area contributed by atoms with Crippen molar-refractivity contribution in [1.82, 2.24) is 0 Å². The first kappa shape index (κ1) is 14.8. The van der Waals surface area contributed by atoms with E-state index in [1.807, 2.05) is 0 Å². The van der Waals surface area contributed by atoms with Gasteiger partial charge in [-0.15, -0.1) is 0 Å².